The van der Waals surface area contributed by atoms with Crippen LogP contribution in [-0.2, 0) is 11.2 Å². The van der Waals surface area contributed by atoms with E-state index in [1.165, 1.54) is 0 Å². The normalized spacial score (nSPS) is 21.0. The second-order valence-electron chi connectivity index (χ2n) is 3.24. The molecule has 1 aliphatic heterocycles. The van der Waals surface area contributed by atoms with E-state index in [0.717, 1.165) is 17.7 Å². The Hall–Kier alpha value is -1.35. The number of aliphatic hydroxyl groups excluding tert-OH is 1. The minimum absolute atomic E-state index is 0.403. The zero-order valence-corrected chi connectivity index (χ0v) is 7.18. The van der Waals surface area contributed by atoms with Gasteiger partial charge in [-0.1, -0.05) is 18.2 Å². The van der Waals surface area contributed by atoms with Crippen LogP contribution in [0.4, 0.5) is 5.69 Å². The molecule has 2 rings (SSSR count). The minimum atomic E-state index is -0.430. The Bertz CT molecular complexity index is 324. The maximum Gasteiger partial charge on any atom is 0.214 e. The Morgan fingerprint density at radius 2 is 2.23 bits per heavy atom. The van der Waals surface area contributed by atoms with E-state index < -0.39 is 6.10 Å². The quantitative estimate of drug-likeness (QED) is 0.637. The lowest BCUT2D eigenvalue weighted by Gasteiger charge is -2.29. The average Bonchev–Trinajstić information content (AvgIpc) is 2.16. The molecule has 0 fully saturated rings. The van der Waals surface area contributed by atoms with Gasteiger partial charge in [-0.05, 0) is 11.6 Å². The molecule has 0 saturated carbocycles. The third-order valence-corrected chi connectivity index (χ3v) is 2.29. The van der Waals surface area contributed by atoms with Gasteiger partial charge in [-0.2, -0.15) is 0 Å². The number of aliphatic hydroxyl groups is 1. The van der Waals surface area contributed by atoms with E-state index in [4.69, 9.17) is 0 Å². The molecule has 1 heterocycles. The molecule has 3 nitrogen and oxygen atoms in total. The number of rotatable bonds is 1. The van der Waals surface area contributed by atoms with Crippen LogP contribution in [0, 0.1) is 0 Å². The molecular formula is C10H11NO2. The maximum absolute atomic E-state index is 10.7. The van der Waals surface area contributed by atoms with Crippen molar-refractivity contribution in [3.05, 3.63) is 29.8 Å². The third-order valence-electron chi connectivity index (χ3n) is 2.29. The lowest BCUT2D eigenvalue weighted by molar-refractivity contribution is -0.107. The summed E-state index contributed by atoms with van der Waals surface area (Å²) < 4.78 is 0. The first-order valence-corrected chi connectivity index (χ1v) is 4.29. The predicted molar refractivity (Wildman–Crippen MR) is 49.6 cm³/mol. The van der Waals surface area contributed by atoms with Crippen LogP contribution in [0.1, 0.15) is 5.56 Å². The van der Waals surface area contributed by atoms with Gasteiger partial charge < -0.3 is 10.0 Å². The number of carbonyl (C=O) groups excluding carboxylic acids is 1. The van der Waals surface area contributed by atoms with Crippen molar-refractivity contribution in [1.82, 2.24) is 0 Å². The van der Waals surface area contributed by atoms with E-state index in [0.29, 0.717) is 13.0 Å². The Morgan fingerprint density at radius 3 is 3.00 bits per heavy atom. The van der Waals surface area contributed by atoms with E-state index in [-0.39, 0.29) is 0 Å². The van der Waals surface area contributed by atoms with Crippen molar-refractivity contribution >= 4 is 12.1 Å². The summed E-state index contributed by atoms with van der Waals surface area (Å²) in [5, 5.41) is 9.46. The van der Waals surface area contributed by atoms with Crippen molar-refractivity contribution in [2.75, 3.05) is 11.4 Å². The molecule has 1 unspecified atom stereocenters. The molecular weight excluding hydrogens is 166 g/mol. The molecule has 68 valence electrons. The van der Waals surface area contributed by atoms with Gasteiger partial charge >= 0.3 is 0 Å². The Morgan fingerprint density at radius 1 is 1.46 bits per heavy atom. The van der Waals surface area contributed by atoms with E-state index in [2.05, 4.69) is 0 Å². The molecule has 0 spiro atoms. The summed E-state index contributed by atoms with van der Waals surface area (Å²) in [6.45, 7) is 0.403. The molecule has 1 amide bonds. The first-order chi connectivity index (χ1) is 6.31. The summed E-state index contributed by atoms with van der Waals surface area (Å²) in [6, 6.07) is 7.65. The summed E-state index contributed by atoms with van der Waals surface area (Å²) in [5.41, 5.74) is 1.95. The molecule has 0 saturated heterocycles. The van der Waals surface area contributed by atoms with Crippen LogP contribution in [0.2, 0.25) is 0 Å². The molecule has 0 radical (unpaired) electrons. The number of hydrogen-bond donors (Lipinski definition) is 1. The first-order valence-electron chi connectivity index (χ1n) is 4.29. The lowest BCUT2D eigenvalue weighted by atomic mass is 10.0. The van der Waals surface area contributed by atoms with Gasteiger partial charge in [-0.25, -0.2) is 0 Å². The third kappa shape index (κ3) is 1.42. The van der Waals surface area contributed by atoms with Gasteiger partial charge in [0.25, 0.3) is 0 Å². The molecule has 1 aromatic rings. The number of anilines is 1. The van der Waals surface area contributed by atoms with Crippen molar-refractivity contribution < 1.29 is 9.90 Å². The van der Waals surface area contributed by atoms with Gasteiger partial charge in [0.05, 0.1) is 12.6 Å². The highest BCUT2D eigenvalue weighted by molar-refractivity contribution is 5.78. The summed E-state index contributed by atoms with van der Waals surface area (Å²) in [7, 11) is 0. The fourth-order valence-corrected chi connectivity index (χ4v) is 1.71. The molecule has 0 aliphatic carbocycles. The number of para-hydroxylation sites is 1. The van der Waals surface area contributed by atoms with Crippen LogP contribution in [0.25, 0.3) is 0 Å². The maximum atomic E-state index is 10.7. The molecule has 1 N–H and O–H groups in total. The summed E-state index contributed by atoms with van der Waals surface area (Å²) in [4.78, 5) is 12.2. The highest BCUT2D eigenvalue weighted by atomic mass is 16.3. The van der Waals surface area contributed by atoms with Crippen molar-refractivity contribution in [3.8, 4) is 0 Å². The smallest absolute Gasteiger partial charge is 0.214 e. The van der Waals surface area contributed by atoms with Crippen LogP contribution >= 0.6 is 0 Å². The number of fused-ring (bicyclic) bond motifs is 1. The summed E-state index contributed by atoms with van der Waals surface area (Å²) >= 11 is 0. The monoisotopic (exact) mass is 177 g/mol. The Labute approximate surface area is 76.6 Å². The SMILES string of the molecule is O=CN1CC(O)Cc2ccccc21. The zero-order chi connectivity index (χ0) is 9.26. The zero-order valence-electron chi connectivity index (χ0n) is 7.18. The second kappa shape index (κ2) is 3.18. The number of benzene rings is 1. The lowest BCUT2D eigenvalue weighted by Crippen LogP contribution is -2.37. The molecule has 1 aromatic carbocycles. The van der Waals surface area contributed by atoms with Crippen molar-refractivity contribution in [1.29, 1.82) is 0 Å². The van der Waals surface area contributed by atoms with E-state index >= 15 is 0 Å². The fourth-order valence-electron chi connectivity index (χ4n) is 1.71. The molecule has 13 heavy (non-hydrogen) atoms. The van der Waals surface area contributed by atoms with Gasteiger partial charge in [-0.3, -0.25) is 4.79 Å². The number of hydrogen-bond acceptors (Lipinski definition) is 2. The van der Waals surface area contributed by atoms with Gasteiger partial charge in [-0.15, -0.1) is 0 Å². The second-order valence-corrected chi connectivity index (χ2v) is 3.24. The minimum Gasteiger partial charge on any atom is -0.391 e. The summed E-state index contributed by atoms with van der Waals surface area (Å²) in [6.07, 6.45) is 0.974. The van der Waals surface area contributed by atoms with Gasteiger partial charge in [0, 0.05) is 12.1 Å². The van der Waals surface area contributed by atoms with Crippen molar-refractivity contribution in [2.45, 2.75) is 12.5 Å². The molecule has 3 heteroatoms. The van der Waals surface area contributed by atoms with E-state index in [9.17, 15) is 9.90 Å². The van der Waals surface area contributed by atoms with Crippen molar-refractivity contribution in [2.24, 2.45) is 0 Å². The van der Waals surface area contributed by atoms with Crippen LogP contribution in [-0.4, -0.2) is 24.2 Å². The molecule has 1 atom stereocenters. The van der Waals surface area contributed by atoms with Crippen LogP contribution in [0.3, 0.4) is 0 Å². The fraction of sp³-hybridized carbons (Fsp3) is 0.300. The molecule has 0 aromatic heterocycles. The van der Waals surface area contributed by atoms with Crippen LogP contribution in [0.5, 0.6) is 0 Å². The Balaban J connectivity index is 2.42. The topological polar surface area (TPSA) is 40.5 Å². The van der Waals surface area contributed by atoms with E-state index in [1.54, 1.807) is 4.90 Å². The predicted octanol–water partition coefficient (Wildman–Crippen LogP) is 0.566. The standard InChI is InChI=1S/C10H11NO2/c12-7-11-6-9(13)5-8-3-1-2-4-10(8)11/h1-4,7,9,13H,5-6H2. The summed E-state index contributed by atoms with van der Waals surface area (Å²) in [5.74, 6) is 0. The molecule has 0 bridgehead atoms. The number of nitrogens with zero attached hydrogens (tertiary/aromatic N) is 1. The highest BCUT2D eigenvalue weighted by Gasteiger charge is 2.21. The number of carbonyl (C=O) groups is 1. The van der Waals surface area contributed by atoms with Gasteiger partial charge in [0.15, 0.2) is 0 Å². The highest BCUT2D eigenvalue weighted by Crippen LogP contribution is 2.25. The average molecular weight is 177 g/mol. The van der Waals surface area contributed by atoms with Crippen LogP contribution in [0.15, 0.2) is 24.3 Å². The molecule has 1 aliphatic rings. The number of amides is 1. The van der Waals surface area contributed by atoms with Gasteiger partial charge in [0.1, 0.15) is 0 Å². The van der Waals surface area contributed by atoms with Gasteiger partial charge in [0.2, 0.25) is 6.41 Å². The largest absolute Gasteiger partial charge is 0.391 e. The number of β-amino-alcohol motifs (C(OH)–C–C–N with tert-alkyl or cyclic N) is 1. The first kappa shape index (κ1) is 8.26. The van der Waals surface area contributed by atoms with E-state index in [1.807, 2.05) is 24.3 Å². The Kier molecular flexibility index (Phi) is 2.02. The van der Waals surface area contributed by atoms with Crippen LogP contribution < -0.4 is 4.90 Å². The van der Waals surface area contributed by atoms with Crippen molar-refractivity contribution in [3.63, 3.8) is 0 Å².